The first kappa shape index (κ1) is 9.24. The minimum atomic E-state index is 0.0960. The van der Waals surface area contributed by atoms with E-state index in [0.717, 1.165) is 25.1 Å². The van der Waals surface area contributed by atoms with E-state index >= 15 is 0 Å². The molecule has 0 saturated carbocycles. The molecule has 1 atom stereocenters. The highest BCUT2D eigenvalue weighted by Crippen LogP contribution is 2.24. The summed E-state index contributed by atoms with van der Waals surface area (Å²) in [5.74, 6) is 2.25. The van der Waals surface area contributed by atoms with Gasteiger partial charge in [-0.3, -0.25) is 5.41 Å². The van der Waals surface area contributed by atoms with Crippen LogP contribution in [0.25, 0.3) is 0 Å². The number of oxazole rings is 1. The van der Waals surface area contributed by atoms with Gasteiger partial charge in [0, 0.05) is 13.0 Å². The molecule has 2 heterocycles. The molecule has 1 saturated heterocycles. The summed E-state index contributed by atoms with van der Waals surface area (Å²) in [6.45, 7) is 4.87. The second kappa shape index (κ2) is 3.44. The fourth-order valence-electron chi connectivity index (χ4n) is 1.82. The SMILES string of the molecule is Cc1cnc(C(C)N2CCCC2=N)o1. The number of hydrogen-bond acceptors (Lipinski definition) is 3. The van der Waals surface area contributed by atoms with Crippen molar-refractivity contribution in [3.63, 3.8) is 0 Å². The largest absolute Gasteiger partial charge is 0.444 e. The molecule has 4 heteroatoms. The number of nitrogens with zero attached hydrogens (tertiary/aromatic N) is 2. The molecule has 14 heavy (non-hydrogen) atoms. The number of hydrogen-bond donors (Lipinski definition) is 1. The molecule has 4 nitrogen and oxygen atoms in total. The van der Waals surface area contributed by atoms with Crippen molar-refractivity contribution >= 4 is 5.84 Å². The van der Waals surface area contributed by atoms with Gasteiger partial charge in [-0.05, 0) is 20.3 Å². The van der Waals surface area contributed by atoms with Gasteiger partial charge in [0.1, 0.15) is 11.8 Å². The third kappa shape index (κ3) is 1.52. The van der Waals surface area contributed by atoms with E-state index in [9.17, 15) is 0 Å². The first-order valence-corrected chi connectivity index (χ1v) is 4.95. The summed E-state index contributed by atoms with van der Waals surface area (Å²) in [4.78, 5) is 6.24. The van der Waals surface area contributed by atoms with E-state index in [1.807, 2.05) is 18.7 Å². The van der Waals surface area contributed by atoms with Crippen LogP contribution < -0.4 is 0 Å². The Kier molecular flexibility index (Phi) is 2.27. The highest BCUT2D eigenvalue weighted by Gasteiger charge is 2.25. The van der Waals surface area contributed by atoms with Crippen molar-refractivity contribution in [2.45, 2.75) is 32.7 Å². The van der Waals surface area contributed by atoms with Crippen molar-refractivity contribution in [2.75, 3.05) is 6.54 Å². The van der Waals surface area contributed by atoms with Crippen LogP contribution in [-0.4, -0.2) is 22.3 Å². The molecule has 0 bridgehead atoms. The molecule has 1 aromatic rings. The smallest absolute Gasteiger partial charge is 0.216 e. The van der Waals surface area contributed by atoms with Gasteiger partial charge >= 0.3 is 0 Å². The topological polar surface area (TPSA) is 53.1 Å². The van der Waals surface area contributed by atoms with Gasteiger partial charge in [0.15, 0.2) is 0 Å². The summed E-state index contributed by atoms with van der Waals surface area (Å²) in [6.07, 6.45) is 3.68. The van der Waals surface area contributed by atoms with Crippen LogP contribution in [0.5, 0.6) is 0 Å². The second-order valence-electron chi connectivity index (χ2n) is 3.73. The lowest BCUT2D eigenvalue weighted by molar-refractivity contribution is 0.296. The molecule has 1 unspecified atom stereocenters. The van der Waals surface area contributed by atoms with Gasteiger partial charge in [-0.25, -0.2) is 4.98 Å². The van der Waals surface area contributed by atoms with Crippen LogP contribution in [0.4, 0.5) is 0 Å². The fourth-order valence-corrected chi connectivity index (χ4v) is 1.82. The summed E-state index contributed by atoms with van der Waals surface area (Å²) in [5, 5.41) is 7.75. The zero-order valence-electron chi connectivity index (χ0n) is 8.58. The Morgan fingerprint density at radius 1 is 1.64 bits per heavy atom. The van der Waals surface area contributed by atoms with Crippen LogP contribution >= 0.6 is 0 Å². The maximum atomic E-state index is 7.75. The van der Waals surface area contributed by atoms with E-state index in [1.54, 1.807) is 6.20 Å². The lowest BCUT2D eigenvalue weighted by Gasteiger charge is -2.23. The Labute approximate surface area is 83.4 Å². The van der Waals surface area contributed by atoms with Crippen LogP contribution in [0.1, 0.15) is 37.5 Å². The highest BCUT2D eigenvalue weighted by atomic mass is 16.4. The van der Waals surface area contributed by atoms with Gasteiger partial charge in [0.05, 0.1) is 12.0 Å². The van der Waals surface area contributed by atoms with E-state index in [0.29, 0.717) is 11.7 Å². The molecular weight excluding hydrogens is 178 g/mol. The van der Waals surface area contributed by atoms with Crippen molar-refractivity contribution in [1.29, 1.82) is 5.41 Å². The van der Waals surface area contributed by atoms with E-state index < -0.39 is 0 Å². The fraction of sp³-hybridized carbons (Fsp3) is 0.600. The quantitative estimate of drug-likeness (QED) is 0.782. The monoisotopic (exact) mass is 193 g/mol. The molecule has 1 aromatic heterocycles. The minimum Gasteiger partial charge on any atom is -0.444 e. The van der Waals surface area contributed by atoms with Crippen LogP contribution in [-0.2, 0) is 0 Å². The first-order valence-electron chi connectivity index (χ1n) is 4.95. The van der Waals surface area contributed by atoms with Gasteiger partial charge in [0.2, 0.25) is 5.89 Å². The summed E-state index contributed by atoms with van der Waals surface area (Å²) in [6, 6.07) is 0.0960. The number of nitrogens with one attached hydrogen (secondary N) is 1. The second-order valence-corrected chi connectivity index (χ2v) is 3.73. The van der Waals surface area contributed by atoms with E-state index in [-0.39, 0.29) is 6.04 Å². The number of rotatable bonds is 2. The molecule has 0 spiro atoms. The molecule has 1 aliphatic rings. The number of likely N-dealkylation sites (tertiary alicyclic amines) is 1. The van der Waals surface area contributed by atoms with Crippen LogP contribution in [0.2, 0.25) is 0 Å². The summed E-state index contributed by atoms with van der Waals surface area (Å²) in [5.41, 5.74) is 0. The van der Waals surface area contributed by atoms with Crippen LogP contribution in [0.15, 0.2) is 10.6 Å². The predicted octanol–water partition coefficient (Wildman–Crippen LogP) is 2.12. The third-order valence-electron chi connectivity index (χ3n) is 2.62. The number of aromatic nitrogens is 1. The van der Waals surface area contributed by atoms with Crippen molar-refractivity contribution in [1.82, 2.24) is 9.88 Å². The zero-order chi connectivity index (χ0) is 10.1. The van der Waals surface area contributed by atoms with E-state index in [2.05, 4.69) is 4.98 Å². The Hall–Kier alpha value is -1.32. The molecule has 2 rings (SSSR count). The van der Waals surface area contributed by atoms with Gasteiger partial charge in [-0.2, -0.15) is 0 Å². The molecule has 1 N–H and O–H groups in total. The molecular formula is C10H15N3O. The van der Waals surface area contributed by atoms with Crippen molar-refractivity contribution < 1.29 is 4.42 Å². The van der Waals surface area contributed by atoms with Crippen LogP contribution in [0, 0.1) is 12.3 Å². The summed E-state index contributed by atoms with van der Waals surface area (Å²) >= 11 is 0. The van der Waals surface area contributed by atoms with Crippen molar-refractivity contribution in [3.05, 3.63) is 17.8 Å². The molecule has 0 amide bonds. The van der Waals surface area contributed by atoms with Crippen molar-refractivity contribution in [3.8, 4) is 0 Å². The van der Waals surface area contributed by atoms with Gasteiger partial charge < -0.3 is 9.32 Å². The van der Waals surface area contributed by atoms with Crippen molar-refractivity contribution in [2.24, 2.45) is 0 Å². The third-order valence-corrected chi connectivity index (χ3v) is 2.62. The Morgan fingerprint density at radius 3 is 2.93 bits per heavy atom. The maximum absolute atomic E-state index is 7.75. The normalized spacial score (nSPS) is 19.0. The standard InChI is InChI=1S/C10H15N3O/c1-7-6-12-10(14-7)8(2)13-5-3-4-9(13)11/h6,8,11H,3-5H2,1-2H3. The number of aryl methyl sites for hydroxylation is 1. The molecule has 0 aromatic carbocycles. The minimum absolute atomic E-state index is 0.0960. The average Bonchev–Trinajstić information content (AvgIpc) is 2.73. The molecule has 0 aliphatic carbocycles. The van der Waals surface area contributed by atoms with Gasteiger partial charge in [-0.1, -0.05) is 0 Å². The zero-order valence-corrected chi connectivity index (χ0v) is 8.58. The maximum Gasteiger partial charge on any atom is 0.216 e. The Balaban J connectivity index is 2.15. The Morgan fingerprint density at radius 2 is 2.43 bits per heavy atom. The highest BCUT2D eigenvalue weighted by molar-refractivity contribution is 5.81. The van der Waals surface area contributed by atoms with Gasteiger partial charge in [-0.15, -0.1) is 0 Å². The molecule has 1 aliphatic heterocycles. The lowest BCUT2D eigenvalue weighted by atomic mass is 10.3. The molecule has 76 valence electrons. The first-order chi connectivity index (χ1) is 6.68. The summed E-state index contributed by atoms with van der Waals surface area (Å²) < 4.78 is 5.46. The van der Waals surface area contributed by atoms with Crippen LogP contribution in [0.3, 0.4) is 0 Å². The van der Waals surface area contributed by atoms with E-state index in [4.69, 9.17) is 9.83 Å². The molecule has 1 fully saturated rings. The molecule has 0 radical (unpaired) electrons. The lowest BCUT2D eigenvalue weighted by Crippen LogP contribution is -2.27. The average molecular weight is 193 g/mol. The number of amidine groups is 1. The van der Waals surface area contributed by atoms with E-state index in [1.165, 1.54) is 0 Å². The van der Waals surface area contributed by atoms with Gasteiger partial charge in [0.25, 0.3) is 0 Å². The Bertz CT molecular complexity index is 345. The summed E-state index contributed by atoms with van der Waals surface area (Å²) in [7, 11) is 0. The predicted molar refractivity (Wildman–Crippen MR) is 53.3 cm³/mol.